The van der Waals surface area contributed by atoms with Crippen molar-refractivity contribution in [3.8, 4) is 0 Å². The predicted molar refractivity (Wildman–Crippen MR) is 242 cm³/mol. The van der Waals surface area contributed by atoms with Gasteiger partial charge in [0.15, 0.2) is 0 Å². The van der Waals surface area contributed by atoms with Gasteiger partial charge in [0.05, 0.1) is 39.9 Å². The summed E-state index contributed by atoms with van der Waals surface area (Å²) in [6, 6.07) is -0.878. The van der Waals surface area contributed by atoms with Crippen LogP contribution in [0.1, 0.15) is 226 Å². The molecule has 0 fully saturated rings. The minimum absolute atomic E-state index is 0.00411. The third-order valence-electron chi connectivity index (χ3n) is 10.9. The Hall–Kier alpha value is -1.02. The first-order valence-electron chi connectivity index (χ1n) is 24.2. The van der Waals surface area contributed by atoms with E-state index < -0.39 is 20.0 Å². The van der Waals surface area contributed by atoms with Gasteiger partial charge in [-0.3, -0.25) is 9.36 Å². The standard InChI is InChI=1S/C48H95N2O6P/c1-6-8-10-12-14-16-18-20-21-22-23-24-25-26-27-28-30-32-34-36-38-40-42-48(52)49-46(45-56-57(53,54)55-44-43-50(3,4)5)47(51)41-39-37-35-33-31-29-19-17-15-13-11-9-7-2/h37-40,46-47,51H,6-36,41-45H2,1-5H3,(H-,49,52,53,54)/t46-,47+/m0/s1. The van der Waals surface area contributed by atoms with Gasteiger partial charge in [-0.2, -0.15) is 0 Å². The van der Waals surface area contributed by atoms with Crippen LogP contribution in [0.25, 0.3) is 0 Å². The second-order valence-electron chi connectivity index (χ2n) is 17.8. The smallest absolute Gasteiger partial charge is 0.268 e. The Morgan fingerprint density at radius 3 is 1.35 bits per heavy atom. The van der Waals surface area contributed by atoms with E-state index in [9.17, 15) is 19.4 Å². The van der Waals surface area contributed by atoms with E-state index in [0.717, 1.165) is 25.7 Å². The molecule has 0 aliphatic rings. The Balaban J connectivity index is 4.31. The summed E-state index contributed by atoms with van der Waals surface area (Å²) in [5, 5.41) is 13.8. The van der Waals surface area contributed by atoms with E-state index in [0.29, 0.717) is 17.4 Å². The molecule has 0 saturated carbocycles. The van der Waals surface area contributed by atoms with E-state index in [1.54, 1.807) is 0 Å². The monoisotopic (exact) mass is 827 g/mol. The minimum Gasteiger partial charge on any atom is -0.756 e. The van der Waals surface area contributed by atoms with Crippen molar-refractivity contribution in [2.45, 2.75) is 238 Å². The Bertz CT molecular complexity index is 984. The van der Waals surface area contributed by atoms with Gasteiger partial charge in [-0.05, 0) is 32.1 Å². The van der Waals surface area contributed by atoms with E-state index >= 15 is 0 Å². The van der Waals surface area contributed by atoms with Gasteiger partial charge in [0.25, 0.3) is 7.82 Å². The van der Waals surface area contributed by atoms with Crippen molar-refractivity contribution in [3.63, 3.8) is 0 Å². The third kappa shape index (κ3) is 42.9. The molecular weight excluding hydrogens is 732 g/mol. The van der Waals surface area contributed by atoms with Gasteiger partial charge in [0, 0.05) is 6.42 Å². The summed E-state index contributed by atoms with van der Waals surface area (Å²) in [5.74, 6) is -0.270. The number of hydrogen-bond donors (Lipinski definition) is 2. The number of carbonyl (C=O) groups is 1. The fraction of sp³-hybridized carbons (Fsp3) is 0.896. The van der Waals surface area contributed by atoms with Gasteiger partial charge >= 0.3 is 0 Å². The SMILES string of the molecule is CCCCCCCCCCCCC=CC[C@@H](O)[C@H](COP(=O)([O-])OCC[N+](C)(C)C)NC(=O)CC=CCCCCCCCCCCCCCCCCCCCCC. The van der Waals surface area contributed by atoms with E-state index in [-0.39, 0.29) is 25.5 Å². The van der Waals surface area contributed by atoms with Crippen LogP contribution in [0.2, 0.25) is 0 Å². The normalized spacial score (nSPS) is 14.4. The molecule has 1 amide bonds. The van der Waals surface area contributed by atoms with Gasteiger partial charge in [-0.15, -0.1) is 0 Å². The number of nitrogens with zero attached hydrogens (tertiary/aromatic N) is 1. The maximum absolute atomic E-state index is 12.8. The van der Waals surface area contributed by atoms with Crippen molar-refractivity contribution in [1.82, 2.24) is 5.32 Å². The number of hydrogen-bond acceptors (Lipinski definition) is 6. The maximum atomic E-state index is 12.8. The van der Waals surface area contributed by atoms with Crippen LogP contribution >= 0.6 is 7.82 Å². The topological polar surface area (TPSA) is 108 Å². The molecule has 2 N–H and O–H groups in total. The molecule has 0 heterocycles. The molecule has 3 atom stereocenters. The van der Waals surface area contributed by atoms with Crippen molar-refractivity contribution in [1.29, 1.82) is 0 Å². The Kier molecular flexibility index (Phi) is 39.7. The number of aliphatic hydroxyl groups is 1. The van der Waals surface area contributed by atoms with Crippen molar-refractivity contribution in [2.75, 3.05) is 40.9 Å². The zero-order valence-corrected chi connectivity index (χ0v) is 39.2. The Morgan fingerprint density at radius 1 is 0.596 bits per heavy atom. The van der Waals surface area contributed by atoms with Gasteiger partial charge in [-0.1, -0.05) is 212 Å². The number of nitrogens with one attached hydrogen (secondary N) is 1. The molecule has 8 nitrogen and oxygen atoms in total. The molecule has 0 spiro atoms. The lowest BCUT2D eigenvalue weighted by Crippen LogP contribution is -2.46. The quantitative estimate of drug-likeness (QED) is 0.0274. The van der Waals surface area contributed by atoms with Crippen molar-refractivity contribution < 1.29 is 32.9 Å². The van der Waals surface area contributed by atoms with Crippen LogP contribution in [0.5, 0.6) is 0 Å². The summed E-state index contributed by atoms with van der Waals surface area (Å²) in [6.45, 7) is 4.64. The molecule has 9 heteroatoms. The highest BCUT2D eigenvalue weighted by molar-refractivity contribution is 7.45. The first-order chi connectivity index (χ1) is 27.5. The molecule has 0 aromatic heterocycles. The molecule has 0 aromatic carbocycles. The zero-order chi connectivity index (χ0) is 42.1. The largest absolute Gasteiger partial charge is 0.756 e. The van der Waals surface area contributed by atoms with E-state index in [2.05, 4.69) is 31.3 Å². The number of phosphoric acid groups is 1. The molecule has 0 bridgehead atoms. The van der Waals surface area contributed by atoms with Gasteiger partial charge in [0.2, 0.25) is 5.91 Å². The molecule has 57 heavy (non-hydrogen) atoms. The van der Waals surface area contributed by atoms with E-state index in [4.69, 9.17) is 9.05 Å². The fourth-order valence-electron chi connectivity index (χ4n) is 7.07. The summed E-state index contributed by atoms with van der Waals surface area (Å²) in [4.78, 5) is 25.3. The van der Waals surface area contributed by atoms with Gasteiger partial charge < -0.3 is 28.8 Å². The predicted octanol–water partition coefficient (Wildman–Crippen LogP) is 13.1. The van der Waals surface area contributed by atoms with Crippen molar-refractivity contribution in [2.24, 2.45) is 0 Å². The number of quaternary nitrogens is 1. The molecular formula is C48H95N2O6P. The second-order valence-corrected chi connectivity index (χ2v) is 19.2. The molecule has 1 unspecified atom stereocenters. The van der Waals surface area contributed by atoms with Crippen LogP contribution < -0.4 is 10.2 Å². The first kappa shape index (κ1) is 56.0. The number of carbonyl (C=O) groups excluding carboxylic acids is 1. The number of rotatable bonds is 44. The highest BCUT2D eigenvalue weighted by Crippen LogP contribution is 2.38. The molecule has 0 aromatic rings. The number of likely N-dealkylation sites (N-methyl/N-ethyl adjacent to an activating group) is 1. The van der Waals surface area contributed by atoms with Crippen LogP contribution in [0.4, 0.5) is 0 Å². The van der Waals surface area contributed by atoms with Gasteiger partial charge in [0.1, 0.15) is 13.2 Å². The lowest BCUT2D eigenvalue weighted by molar-refractivity contribution is -0.870. The molecule has 0 aliphatic carbocycles. The van der Waals surface area contributed by atoms with Crippen LogP contribution in [0, 0.1) is 0 Å². The Labute approximate surface area is 354 Å². The van der Waals surface area contributed by atoms with E-state index in [1.165, 1.54) is 173 Å². The molecule has 0 rings (SSSR count). The van der Waals surface area contributed by atoms with Crippen molar-refractivity contribution >= 4 is 13.7 Å². The molecule has 338 valence electrons. The summed E-state index contributed by atoms with van der Waals surface area (Å²) >= 11 is 0. The number of allylic oxidation sites excluding steroid dienone is 2. The fourth-order valence-corrected chi connectivity index (χ4v) is 7.79. The minimum atomic E-state index is -4.59. The highest BCUT2D eigenvalue weighted by atomic mass is 31.2. The molecule has 0 saturated heterocycles. The second kappa shape index (κ2) is 40.4. The van der Waals surface area contributed by atoms with Gasteiger partial charge in [-0.25, -0.2) is 0 Å². The summed E-state index contributed by atoms with van der Waals surface area (Å²) < 4.78 is 23.2. The number of phosphoric ester groups is 1. The van der Waals surface area contributed by atoms with Crippen LogP contribution in [0.3, 0.4) is 0 Å². The summed E-state index contributed by atoms with van der Waals surface area (Å²) in [7, 11) is 1.25. The van der Waals surface area contributed by atoms with Crippen LogP contribution in [-0.2, 0) is 18.4 Å². The summed E-state index contributed by atoms with van der Waals surface area (Å²) in [6.07, 6.45) is 48.1. The molecule has 0 radical (unpaired) electrons. The maximum Gasteiger partial charge on any atom is 0.268 e. The average molecular weight is 827 g/mol. The number of aliphatic hydroxyl groups excluding tert-OH is 1. The summed E-state index contributed by atoms with van der Waals surface area (Å²) in [5.41, 5.74) is 0. The third-order valence-corrected chi connectivity index (χ3v) is 11.9. The van der Waals surface area contributed by atoms with Crippen LogP contribution in [-0.4, -0.2) is 68.5 Å². The zero-order valence-electron chi connectivity index (χ0n) is 38.3. The Morgan fingerprint density at radius 2 is 0.965 bits per heavy atom. The van der Waals surface area contributed by atoms with Crippen molar-refractivity contribution in [3.05, 3.63) is 24.3 Å². The first-order valence-corrected chi connectivity index (χ1v) is 25.6. The van der Waals surface area contributed by atoms with E-state index in [1.807, 2.05) is 33.3 Å². The number of unbranched alkanes of at least 4 members (excludes halogenated alkanes) is 29. The lowest BCUT2D eigenvalue weighted by atomic mass is 10.0. The molecule has 0 aliphatic heterocycles. The lowest BCUT2D eigenvalue weighted by Gasteiger charge is -2.29. The number of amides is 1. The highest BCUT2D eigenvalue weighted by Gasteiger charge is 2.23. The van der Waals surface area contributed by atoms with Crippen LogP contribution in [0.15, 0.2) is 24.3 Å². The average Bonchev–Trinajstić information content (AvgIpc) is 3.16.